The Morgan fingerprint density at radius 2 is 2.07 bits per heavy atom. The van der Waals surface area contributed by atoms with Crippen LogP contribution in [0.15, 0.2) is 27.8 Å². The van der Waals surface area contributed by atoms with Crippen molar-refractivity contribution in [3.63, 3.8) is 0 Å². The second kappa shape index (κ2) is 6.74. The quantitative estimate of drug-likeness (QED) is 0.603. The van der Waals surface area contributed by atoms with Gasteiger partial charge in [0.25, 0.3) is 0 Å². The van der Waals surface area contributed by atoms with Crippen LogP contribution in [0.2, 0.25) is 0 Å². The molecule has 0 unspecified atom stereocenters. The number of nitrogens with zero attached hydrogens (tertiary/aromatic N) is 1. The van der Waals surface area contributed by atoms with Gasteiger partial charge in [0.15, 0.2) is 5.76 Å². The highest BCUT2D eigenvalue weighted by Gasteiger charge is 2.09. The number of rotatable bonds is 3. The molecule has 0 aliphatic rings. The molecule has 3 nitrogen and oxygen atoms in total. The zero-order valence-corrected chi connectivity index (χ0v) is 10.4. The van der Waals surface area contributed by atoms with Crippen LogP contribution < -0.4 is 0 Å². The van der Waals surface area contributed by atoms with Crippen molar-refractivity contribution in [2.75, 3.05) is 11.5 Å². The molecule has 0 atom stereocenters. The minimum Gasteiger partial charge on any atom is -0.459 e. The van der Waals surface area contributed by atoms with E-state index in [-0.39, 0.29) is 5.91 Å². The number of furan rings is 1. The first kappa shape index (κ1) is 12.4. The van der Waals surface area contributed by atoms with Gasteiger partial charge < -0.3 is 4.42 Å². The fourth-order valence-electron chi connectivity index (χ4n) is 0.891. The molecule has 0 saturated heterocycles. The topological polar surface area (TPSA) is 42.6 Å². The molecule has 5 heteroatoms. The normalized spacial score (nSPS) is 10.0. The average molecular weight is 243 g/mol. The summed E-state index contributed by atoms with van der Waals surface area (Å²) >= 11 is 3.15. The molecule has 1 aromatic rings. The van der Waals surface area contributed by atoms with E-state index in [9.17, 15) is 4.79 Å². The van der Waals surface area contributed by atoms with E-state index in [4.69, 9.17) is 4.42 Å². The Balaban J connectivity index is 2.69. The molecule has 0 aromatic carbocycles. The van der Waals surface area contributed by atoms with Gasteiger partial charge in [-0.15, -0.1) is 0 Å². The Labute approximate surface area is 97.7 Å². The summed E-state index contributed by atoms with van der Waals surface area (Å²) in [6, 6.07) is 3.30. The summed E-state index contributed by atoms with van der Waals surface area (Å²) in [5, 5.41) is 0. The van der Waals surface area contributed by atoms with Crippen LogP contribution in [0.25, 0.3) is 0 Å². The summed E-state index contributed by atoms with van der Waals surface area (Å²) in [7, 11) is 0. The minimum absolute atomic E-state index is 0.293. The predicted molar refractivity (Wildman–Crippen MR) is 66.7 cm³/mol. The molecule has 1 rings (SSSR count). The lowest BCUT2D eigenvalue weighted by Crippen LogP contribution is -1.97. The van der Waals surface area contributed by atoms with Crippen LogP contribution in [0, 0.1) is 0 Å². The first-order valence-electron chi connectivity index (χ1n) is 4.70. The Morgan fingerprint density at radius 1 is 1.40 bits per heavy atom. The second-order valence-electron chi connectivity index (χ2n) is 2.53. The van der Waals surface area contributed by atoms with Crippen LogP contribution in [0.5, 0.6) is 0 Å². The van der Waals surface area contributed by atoms with E-state index in [0.717, 1.165) is 15.9 Å². The van der Waals surface area contributed by atoms with Crippen LogP contribution in [-0.4, -0.2) is 21.8 Å². The third kappa shape index (κ3) is 4.13. The van der Waals surface area contributed by atoms with Gasteiger partial charge in [-0.3, -0.25) is 4.79 Å². The molecule has 1 heterocycles. The average Bonchev–Trinajstić information content (AvgIpc) is 2.71. The summed E-state index contributed by atoms with van der Waals surface area (Å²) in [5.74, 6) is 1.81. The summed E-state index contributed by atoms with van der Waals surface area (Å²) in [6.45, 7) is 4.07. The smallest absolute Gasteiger partial charge is 0.314 e. The monoisotopic (exact) mass is 243 g/mol. The van der Waals surface area contributed by atoms with Gasteiger partial charge in [0.1, 0.15) is 4.38 Å². The van der Waals surface area contributed by atoms with Gasteiger partial charge in [-0.2, -0.15) is 4.99 Å². The Hall–Kier alpha value is -0.680. The fraction of sp³-hybridized carbons (Fsp3) is 0.400. The molecule has 0 radical (unpaired) electrons. The standard InChI is InChI=1S/C10H13NO2S2/c1-3-14-10(15-4-2)11-9(12)8-6-5-7-13-8/h5-7H,3-4H2,1-2H3. The van der Waals surface area contributed by atoms with E-state index < -0.39 is 0 Å². The molecular weight excluding hydrogens is 230 g/mol. The zero-order chi connectivity index (χ0) is 11.1. The van der Waals surface area contributed by atoms with Crippen LogP contribution >= 0.6 is 23.5 Å². The van der Waals surface area contributed by atoms with E-state index in [0.29, 0.717) is 5.76 Å². The highest BCUT2D eigenvalue weighted by atomic mass is 32.2. The molecule has 1 aromatic heterocycles. The molecule has 0 fully saturated rings. The maximum atomic E-state index is 11.6. The Bertz CT molecular complexity index is 325. The van der Waals surface area contributed by atoms with Crippen molar-refractivity contribution >= 4 is 33.8 Å². The van der Waals surface area contributed by atoms with Crippen molar-refractivity contribution in [1.29, 1.82) is 0 Å². The molecule has 0 aliphatic carbocycles. The third-order valence-corrected chi connectivity index (χ3v) is 3.42. The zero-order valence-electron chi connectivity index (χ0n) is 8.73. The SMILES string of the molecule is CCSC(=NC(=O)c1ccco1)SCC. The second-order valence-corrected chi connectivity index (χ2v) is 5.29. The van der Waals surface area contributed by atoms with Crippen molar-refractivity contribution in [1.82, 2.24) is 0 Å². The Kier molecular flexibility index (Phi) is 5.57. The van der Waals surface area contributed by atoms with E-state index in [1.807, 2.05) is 13.8 Å². The van der Waals surface area contributed by atoms with E-state index >= 15 is 0 Å². The van der Waals surface area contributed by atoms with E-state index in [1.54, 1.807) is 35.7 Å². The van der Waals surface area contributed by atoms with Gasteiger partial charge in [0.05, 0.1) is 6.26 Å². The van der Waals surface area contributed by atoms with Gasteiger partial charge in [-0.05, 0) is 23.6 Å². The van der Waals surface area contributed by atoms with Crippen molar-refractivity contribution in [3.8, 4) is 0 Å². The van der Waals surface area contributed by atoms with Crippen LogP contribution in [-0.2, 0) is 0 Å². The molecule has 1 amide bonds. The number of carbonyl (C=O) groups excluding carboxylic acids is 1. The maximum absolute atomic E-state index is 11.6. The molecular formula is C10H13NO2S2. The van der Waals surface area contributed by atoms with Crippen LogP contribution in [0.1, 0.15) is 24.4 Å². The molecule has 82 valence electrons. The summed E-state index contributed by atoms with van der Waals surface area (Å²) in [5.41, 5.74) is 0. The largest absolute Gasteiger partial charge is 0.459 e. The lowest BCUT2D eigenvalue weighted by atomic mass is 10.4. The summed E-state index contributed by atoms with van der Waals surface area (Å²) in [4.78, 5) is 15.6. The number of amides is 1. The van der Waals surface area contributed by atoms with E-state index in [2.05, 4.69) is 4.99 Å². The maximum Gasteiger partial charge on any atom is 0.314 e. The first-order chi connectivity index (χ1) is 7.27. The van der Waals surface area contributed by atoms with E-state index in [1.165, 1.54) is 6.26 Å². The predicted octanol–water partition coefficient (Wildman–Crippen LogP) is 3.28. The van der Waals surface area contributed by atoms with Crippen molar-refractivity contribution < 1.29 is 9.21 Å². The van der Waals surface area contributed by atoms with Crippen LogP contribution in [0.4, 0.5) is 0 Å². The number of aliphatic imine (C=N–C) groups is 1. The highest BCUT2D eigenvalue weighted by molar-refractivity contribution is 8.38. The van der Waals surface area contributed by atoms with Gasteiger partial charge in [0.2, 0.25) is 0 Å². The molecule has 15 heavy (non-hydrogen) atoms. The Morgan fingerprint density at radius 3 is 2.53 bits per heavy atom. The number of hydrogen-bond acceptors (Lipinski definition) is 4. The van der Waals surface area contributed by atoms with Crippen molar-refractivity contribution in [2.45, 2.75) is 13.8 Å². The first-order valence-corrected chi connectivity index (χ1v) is 6.67. The highest BCUT2D eigenvalue weighted by Crippen LogP contribution is 2.17. The molecule has 0 aliphatic heterocycles. The number of hydrogen-bond donors (Lipinski definition) is 0. The van der Waals surface area contributed by atoms with Gasteiger partial charge in [-0.1, -0.05) is 37.4 Å². The summed E-state index contributed by atoms with van der Waals surface area (Å²) < 4.78 is 5.78. The number of thioether (sulfide) groups is 2. The molecule has 0 N–H and O–H groups in total. The fourth-order valence-corrected chi connectivity index (χ4v) is 2.72. The summed E-state index contributed by atoms with van der Waals surface area (Å²) in [6.07, 6.45) is 1.47. The van der Waals surface area contributed by atoms with Gasteiger partial charge in [-0.25, -0.2) is 0 Å². The van der Waals surface area contributed by atoms with Gasteiger partial charge >= 0.3 is 5.91 Å². The molecule has 0 saturated carbocycles. The molecule has 0 spiro atoms. The lowest BCUT2D eigenvalue weighted by Gasteiger charge is -2.00. The number of carbonyl (C=O) groups is 1. The molecule has 0 bridgehead atoms. The third-order valence-electron chi connectivity index (χ3n) is 1.46. The van der Waals surface area contributed by atoms with Crippen molar-refractivity contribution in [2.24, 2.45) is 4.99 Å². The lowest BCUT2D eigenvalue weighted by molar-refractivity contribution is 0.0977. The van der Waals surface area contributed by atoms with Crippen LogP contribution in [0.3, 0.4) is 0 Å². The minimum atomic E-state index is -0.308. The van der Waals surface area contributed by atoms with Gasteiger partial charge in [0, 0.05) is 0 Å². The van der Waals surface area contributed by atoms with Crippen molar-refractivity contribution in [3.05, 3.63) is 24.2 Å².